The number of aliphatic hydroxyl groups excluding tert-OH is 1. The van der Waals surface area contributed by atoms with E-state index in [0.717, 1.165) is 5.69 Å². The van der Waals surface area contributed by atoms with E-state index in [4.69, 9.17) is 5.11 Å². The van der Waals surface area contributed by atoms with Gasteiger partial charge in [-0.15, -0.1) is 0 Å². The van der Waals surface area contributed by atoms with Gasteiger partial charge in [0.05, 0.1) is 12.6 Å². The Kier molecular flexibility index (Phi) is 3.79. The zero-order chi connectivity index (χ0) is 13.0. The van der Waals surface area contributed by atoms with Crippen LogP contribution in [0.3, 0.4) is 0 Å². The first kappa shape index (κ1) is 12.4. The zero-order valence-corrected chi connectivity index (χ0v) is 9.68. The van der Waals surface area contributed by atoms with E-state index < -0.39 is 17.6 Å². The number of aliphatic hydroxyl groups is 1. The zero-order valence-electron chi connectivity index (χ0n) is 9.68. The van der Waals surface area contributed by atoms with Crippen molar-refractivity contribution in [2.45, 2.75) is 6.04 Å². The highest BCUT2D eigenvalue weighted by Gasteiger charge is 2.12. The van der Waals surface area contributed by atoms with Crippen LogP contribution in [-0.2, 0) is 0 Å². The SMILES string of the molecule is OCC(Nc1ccccc1)c1ccc(O)c(F)c1. The van der Waals surface area contributed by atoms with Gasteiger partial charge in [-0.25, -0.2) is 4.39 Å². The molecule has 1 unspecified atom stereocenters. The Labute approximate surface area is 105 Å². The number of aromatic hydroxyl groups is 1. The molecule has 18 heavy (non-hydrogen) atoms. The van der Waals surface area contributed by atoms with E-state index in [9.17, 15) is 9.50 Å². The van der Waals surface area contributed by atoms with E-state index in [1.54, 1.807) is 6.07 Å². The van der Waals surface area contributed by atoms with Gasteiger partial charge in [-0.2, -0.15) is 0 Å². The fourth-order valence-corrected chi connectivity index (χ4v) is 1.71. The molecule has 0 saturated heterocycles. The summed E-state index contributed by atoms with van der Waals surface area (Å²) in [7, 11) is 0. The van der Waals surface area contributed by atoms with Crippen LogP contribution in [0.4, 0.5) is 10.1 Å². The smallest absolute Gasteiger partial charge is 0.165 e. The maximum Gasteiger partial charge on any atom is 0.165 e. The molecule has 0 bridgehead atoms. The Morgan fingerprint density at radius 1 is 1.11 bits per heavy atom. The van der Waals surface area contributed by atoms with E-state index in [2.05, 4.69) is 5.32 Å². The number of phenols is 1. The number of hydrogen-bond donors (Lipinski definition) is 3. The first-order valence-electron chi connectivity index (χ1n) is 5.61. The molecule has 2 rings (SSSR count). The average molecular weight is 247 g/mol. The van der Waals surface area contributed by atoms with Crippen LogP contribution in [0.2, 0.25) is 0 Å². The van der Waals surface area contributed by atoms with Crippen molar-refractivity contribution < 1.29 is 14.6 Å². The van der Waals surface area contributed by atoms with E-state index >= 15 is 0 Å². The highest BCUT2D eigenvalue weighted by molar-refractivity contribution is 5.45. The molecule has 0 fully saturated rings. The third-order valence-electron chi connectivity index (χ3n) is 2.67. The molecule has 0 aliphatic carbocycles. The summed E-state index contributed by atoms with van der Waals surface area (Å²) in [6.45, 7) is -0.168. The summed E-state index contributed by atoms with van der Waals surface area (Å²) in [5, 5.41) is 21.6. The van der Waals surface area contributed by atoms with Crippen molar-refractivity contribution in [3.63, 3.8) is 0 Å². The molecular formula is C14H14FNO2. The lowest BCUT2D eigenvalue weighted by Crippen LogP contribution is -2.14. The highest BCUT2D eigenvalue weighted by Crippen LogP contribution is 2.23. The number of nitrogens with one attached hydrogen (secondary N) is 1. The van der Waals surface area contributed by atoms with Crippen LogP contribution < -0.4 is 5.32 Å². The first-order chi connectivity index (χ1) is 8.70. The molecule has 2 aromatic carbocycles. The molecule has 0 spiro atoms. The summed E-state index contributed by atoms with van der Waals surface area (Å²) in [4.78, 5) is 0. The summed E-state index contributed by atoms with van der Waals surface area (Å²) in [6, 6.07) is 13.0. The summed E-state index contributed by atoms with van der Waals surface area (Å²) in [5.74, 6) is -1.09. The fourth-order valence-electron chi connectivity index (χ4n) is 1.71. The Bertz CT molecular complexity index is 516. The van der Waals surface area contributed by atoms with Crippen LogP contribution in [0.5, 0.6) is 5.75 Å². The van der Waals surface area contributed by atoms with Crippen LogP contribution in [-0.4, -0.2) is 16.8 Å². The molecule has 0 heterocycles. The number of rotatable bonds is 4. The van der Waals surface area contributed by atoms with Gasteiger partial charge in [0.1, 0.15) is 0 Å². The minimum Gasteiger partial charge on any atom is -0.505 e. The normalized spacial score (nSPS) is 12.1. The largest absolute Gasteiger partial charge is 0.505 e. The fraction of sp³-hybridized carbons (Fsp3) is 0.143. The molecule has 1 atom stereocenters. The van der Waals surface area contributed by atoms with Gasteiger partial charge < -0.3 is 15.5 Å². The van der Waals surface area contributed by atoms with Gasteiger partial charge in [0.25, 0.3) is 0 Å². The summed E-state index contributed by atoms with van der Waals surface area (Å²) >= 11 is 0. The number of halogens is 1. The minimum atomic E-state index is -0.694. The quantitative estimate of drug-likeness (QED) is 0.778. The predicted octanol–water partition coefficient (Wildman–Crippen LogP) is 2.68. The van der Waals surface area contributed by atoms with Gasteiger partial charge in [0.2, 0.25) is 0 Å². The number of phenolic OH excluding ortho intramolecular Hbond substituents is 1. The first-order valence-corrected chi connectivity index (χ1v) is 5.61. The number of hydrogen-bond acceptors (Lipinski definition) is 3. The van der Waals surface area contributed by atoms with Gasteiger partial charge in [0, 0.05) is 5.69 Å². The molecular weight excluding hydrogens is 233 g/mol. The molecule has 3 N–H and O–H groups in total. The number of anilines is 1. The second-order valence-corrected chi connectivity index (χ2v) is 3.96. The molecule has 94 valence electrons. The standard InChI is InChI=1S/C14H14FNO2/c15-12-8-10(6-7-14(12)18)13(9-17)16-11-4-2-1-3-5-11/h1-8,13,16-18H,9H2. The van der Waals surface area contributed by atoms with Crippen molar-refractivity contribution in [2.75, 3.05) is 11.9 Å². The maximum atomic E-state index is 13.3. The lowest BCUT2D eigenvalue weighted by molar-refractivity contribution is 0.276. The molecule has 4 heteroatoms. The van der Waals surface area contributed by atoms with Gasteiger partial charge in [0.15, 0.2) is 11.6 Å². The predicted molar refractivity (Wildman–Crippen MR) is 68.0 cm³/mol. The minimum absolute atomic E-state index is 0.168. The van der Waals surface area contributed by atoms with Gasteiger partial charge in [-0.1, -0.05) is 24.3 Å². The van der Waals surface area contributed by atoms with Crippen molar-refractivity contribution in [3.8, 4) is 5.75 Å². The van der Waals surface area contributed by atoms with E-state index in [-0.39, 0.29) is 6.61 Å². The average Bonchev–Trinajstić information content (AvgIpc) is 2.40. The van der Waals surface area contributed by atoms with Crippen molar-refractivity contribution in [2.24, 2.45) is 0 Å². The Balaban J connectivity index is 2.20. The molecule has 0 aliphatic rings. The summed E-state index contributed by atoms with van der Waals surface area (Å²) in [6.07, 6.45) is 0. The highest BCUT2D eigenvalue weighted by atomic mass is 19.1. The number of benzene rings is 2. The van der Waals surface area contributed by atoms with Gasteiger partial charge in [-0.05, 0) is 29.8 Å². The van der Waals surface area contributed by atoms with Crippen molar-refractivity contribution in [1.29, 1.82) is 0 Å². The lowest BCUT2D eigenvalue weighted by atomic mass is 10.1. The molecule has 3 nitrogen and oxygen atoms in total. The van der Waals surface area contributed by atoms with Crippen LogP contribution in [0.1, 0.15) is 11.6 Å². The molecule has 0 saturated carbocycles. The van der Waals surface area contributed by atoms with Crippen molar-refractivity contribution >= 4 is 5.69 Å². The van der Waals surface area contributed by atoms with Crippen LogP contribution in [0.25, 0.3) is 0 Å². The second-order valence-electron chi connectivity index (χ2n) is 3.96. The Hall–Kier alpha value is -2.07. The molecule has 0 aliphatic heterocycles. The molecule has 0 radical (unpaired) electrons. The van der Waals surface area contributed by atoms with Gasteiger partial charge in [-0.3, -0.25) is 0 Å². The Morgan fingerprint density at radius 2 is 1.83 bits per heavy atom. The molecule has 2 aromatic rings. The number of para-hydroxylation sites is 1. The van der Waals surface area contributed by atoms with Crippen molar-refractivity contribution in [1.82, 2.24) is 0 Å². The van der Waals surface area contributed by atoms with Crippen molar-refractivity contribution in [3.05, 3.63) is 59.9 Å². The van der Waals surface area contributed by atoms with E-state index in [0.29, 0.717) is 5.56 Å². The van der Waals surface area contributed by atoms with E-state index in [1.165, 1.54) is 12.1 Å². The topological polar surface area (TPSA) is 52.5 Å². The molecule has 0 aromatic heterocycles. The third-order valence-corrected chi connectivity index (χ3v) is 2.67. The third kappa shape index (κ3) is 2.78. The van der Waals surface area contributed by atoms with Crippen LogP contribution in [0, 0.1) is 5.82 Å². The van der Waals surface area contributed by atoms with Crippen LogP contribution in [0.15, 0.2) is 48.5 Å². The summed E-state index contributed by atoms with van der Waals surface area (Å²) < 4.78 is 13.3. The van der Waals surface area contributed by atoms with Gasteiger partial charge >= 0.3 is 0 Å². The monoisotopic (exact) mass is 247 g/mol. The lowest BCUT2D eigenvalue weighted by Gasteiger charge is -2.18. The molecule has 0 amide bonds. The van der Waals surface area contributed by atoms with Crippen LogP contribution >= 0.6 is 0 Å². The second kappa shape index (κ2) is 5.51. The Morgan fingerprint density at radius 3 is 2.44 bits per heavy atom. The maximum absolute atomic E-state index is 13.3. The van der Waals surface area contributed by atoms with E-state index in [1.807, 2.05) is 30.3 Å². The summed E-state index contributed by atoms with van der Waals surface area (Å²) in [5.41, 5.74) is 1.42.